The zero-order chi connectivity index (χ0) is 27.6. The number of imide groups is 4. The molecule has 12 nitrogen and oxygen atoms in total. The summed E-state index contributed by atoms with van der Waals surface area (Å²) in [6.07, 6.45) is 0. The van der Waals surface area contributed by atoms with Crippen LogP contribution in [0.1, 0.15) is 16.7 Å². The zero-order valence-electron chi connectivity index (χ0n) is 21.5. The van der Waals surface area contributed by atoms with Crippen LogP contribution >= 0.6 is 0 Å². The van der Waals surface area contributed by atoms with Crippen LogP contribution in [-0.2, 0) is 104 Å². The van der Waals surface area contributed by atoms with Gasteiger partial charge in [0, 0.05) is 72.5 Å². The van der Waals surface area contributed by atoms with Gasteiger partial charge in [-0.3, -0.25) is 53.1 Å². The Balaban J connectivity index is 0.00000185. The number of β-lactam (4-membered cyclic amide) rings is 8. The molecule has 8 amide bonds. The number of aryl methyl sites for hydroxylation is 3. The number of likely N-dealkylation sites (tertiary alicyclic amines) is 1. The molecule has 0 saturated carbocycles. The van der Waals surface area contributed by atoms with Gasteiger partial charge in [0.15, 0.2) is 0 Å². The van der Waals surface area contributed by atoms with E-state index in [0.717, 1.165) is 35.2 Å². The second kappa shape index (κ2) is 9.37. The summed E-state index contributed by atoms with van der Waals surface area (Å²) in [5, 5.41) is 0. The average Bonchev–Trinajstić information content (AvgIpc) is 2.88. The first-order valence-electron chi connectivity index (χ1n) is 11.3. The van der Waals surface area contributed by atoms with E-state index in [1.807, 2.05) is 6.92 Å². The van der Waals surface area contributed by atoms with Crippen LogP contribution in [0.4, 0.5) is 17.1 Å². The smallest absolute Gasteiger partial charge is 0.286 e. The maximum Gasteiger partial charge on any atom is 0.286 e. The van der Waals surface area contributed by atoms with Gasteiger partial charge in [-0.05, 0) is 43.5 Å². The van der Waals surface area contributed by atoms with Gasteiger partial charge in [-0.1, -0.05) is 6.07 Å². The van der Waals surface area contributed by atoms with Gasteiger partial charge in [-0.25, -0.2) is 11.0 Å². The Hall–Kier alpha value is -2.79. The fourth-order valence-electron chi connectivity index (χ4n) is 5.26. The summed E-state index contributed by atoms with van der Waals surface area (Å²) in [4.78, 5) is 105. The van der Waals surface area contributed by atoms with Gasteiger partial charge in [0.2, 0.25) is 0 Å². The summed E-state index contributed by atoms with van der Waals surface area (Å²) >= 11 is 0. The predicted octanol–water partition coefficient (Wildman–Crippen LogP) is -0.502. The first-order valence-corrected chi connectivity index (χ1v) is 11.3. The summed E-state index contributed by atoms with van der Waals surface area (Å²) in [6.45, 7) is 5.37. The molecule has 0 aromatic heterocycles. The van der Waals surface area contributed by atoms with Gasteiger partial charge < -0.3 is 18.2 Å². The van der Waals surface area contributed by atoms with Crippen LogP contribution in [0.15, 0.2) is 24.3 Å². The van der Waals surface area contributed by atoms with Crippen molar-refractivity contribution in [3.8, 4) is 0 Å². The van der Waals surface area contributed by atoms with E-state index in [9.17, 15) is 38.4 Å². The standard InChI is InChI=1S/C26H16N4O8.2Y/c1-11-8-13(3)16(9-12(11)2)30-23(37)26(24(30)38)21(35)29(22(26)36)15-7-5-6-14(10-15)28-19(33)25(20(28)34)17(31)27(4)18(25)32;;/h5,8-10H,1-4H3;;/q-2;;. The molecular formula is C26H16N4O8Y2-2. The molecule has 4 fully saturated rings. The molecule has 2 spiro atoms. The van der Waals surface area contributed by atoms with E-state index in [2.05, 4.69) is 12.1 Å². The van der Waals surface area contributed by atoms with Crippen molar-refractivity contribution in [3.63, 3.8) is 0 Å². The van der Waals surface area contributed by atoms with Crippen LogP contribution in [0.2, 0.25) is 0 Å². The van der Waals surface area contributed by atoms with Gasteiger partial charge in [0.05, 0.1) is 5.69 Å². The molecule has 0 atom stereocenters. The second-order valence-corrected chi connectivity index (χ2v) is 9.58. The molecule has 40 heavy (non-hydrogen) atoms. The summed E-state index contributed by atoms with van der Waals surface area (Å²) in [5.41, 5.74) is -2.73. The topological polar surface area (TPSA) is 150 Å². The van der Waals surface area contributed by atoms with E-state index in [0.29, 0.717) is 20.3 Å². The average molecular weight is 690 g/mol. The minimum absolute atomic E-state index is 0. The van der Waals surface area contributed by atoms with Crippen LogP contribution in [0.25, 0.3) is 0 Å². The van der Waals surface area contributed by atoms with Crippen molar-refractivity contribution in [1.82, 2.24) is 4.90 Å². The molecule has 4 aliphatic rings. The largest absolute Gasteiger partial charge is 0.334 e. The fourth-order valence-corrected chi connectivity index (χ4v) is 5.26. The van der Waals surface area contributed by atoms with Crippen LogP contribution < -0.4 is 14.7 Å². The molecule has 0 aliphatic carbocycles. The zero-order valence-corrected chi connectivity index (χ0v) is 27.2. The van der Waals surface area contributed by atoms with E-state index < -0.39 is 58.1 Å². The maximum atomic E-state index is 13.1. The van der Waals surface area contributed by atoms with Crippen molar-refractivity contribution in [3.05, 3.63) is 53.1 Å². The van der Waals surface area contributed by atoms with Crippen molar-refractivity contribution in [1.29, 1.82) is 0 Å². The number of carbonyl (C=O) groups is 8. The summed E-state index contributed by atoms with van der Waals surface area (Å²) in [7, 11) is 1.14. The minimum atomic E-state index is -2.50. The first-order chi connectivity index (χ1) is 17.8. The molecule has 0 unspecified atom stereocenters. The molecule has 4 aliphatic heterocycles. The molecule has 0 N–H and O–H groups in total. The van der Waals surface area contributed by atoms with Gasteiger partial charge in [0.1, 0.15) is 0 Å². The monoisotopic (exact) mass is 690 g/mol. The van der Waals surface area contributed by atoms with Gasteiger partial charge >= 0.3 is 0 Å². The van der Waals surface area contributed by atoms with Gasteiger partial charge in [-0.15, -0.1) is 0 Å². The number of carbonyl (C=O) groups excluding carboxylic acids is 8. The normalized spacial score (nSPS) is 20.2. The molecule has 4 heterocycles. The third-order valence-corrected chi connectivity index (χ3v) is 7.64. The molecule has 2 aromatic rings. The Labute approximate surface area is 277 Å². The van der Waals surface area contributed by atoms with E-state index in [4.69, 9.17) is 0 Å². The second-order valence-electron chi connectivity index (χ2n) is 9.58. The minimum Gasteiger partial charge on any atom is -0.334 e. The van der Waals surface area contributed by atoms with Crippen LogP contribution in [0.3, 0.4) is 0 Å². The molecule has 0 bridgehead atoms. The molecular weight excluding hydrogens is 674 g/mol. The molecule has 14 heteroatoms. The third kappa shape index (κ3) is 3.10. The third-order valence-electron chi connectivity index (χ3n) is 7.64. The number of hydrogen-bond donors (Lipinski definition) is 0. The Bertz CT molecular complexity index is 1600. The van der Waals surface area contributed by atoms with Crippen LogP contribution in [0.5, 0.6) is 0 Å². The Morgan fingerprint density at radius 3 is 1.35 bits per heavy atom. The maximum absolute atomic E-state index is 13.1. The first kappa shape index (κ1) is 30.2. The SMILES string of the molecule is Cc1cc(C)c(N2C(=O)C3(C(=O)N(c4[c-]c[c-]c(N5C(=O)C6(C(=O)N(C)C6=O)C5=O)c4)C3=O)C2=O)cc1C.[Y].[Y]. The number of anilines is 3. The number of nitrogens with zero attached hydrogens (tertiary/aromatic N) is 4. The number of benzene rings is 2. The molecule has 2 radical (unpaired) electrons. The summed E-state index contributed by atoms with van der Waals surface area (Å²) < 4.78 is 0. The van der Waals surface area contributed by atoms with Crippen molar-refractivity contribution in [2.24, 2.45) is 10.8 Å². The fraction of sp³-hybridized carbons (Fsp3) is 0.231. The van der Waals surface area contributed by atoms with Crippen LogP contribution in [-0.4, -0.2) is 59.2 Å². The van der Waals surface area contributed by atoms with Crippen molar-refractivity contribution < 1.29 is 104 Å². The number of rotatable bonds is 3. The Morgan fingerprint density at radius 2 is 0.900 bits per heavy atom. The van der Waals surface area contributed by atoms with E-state index >= 15 is 0 Å². The van der Waals surface area contributed by atoms with E-state index in [1.165, 1.54) is 0 Å². The Morgan fingerprint density at radius 1 is 0.525 bits per heavy atom. The van der Waals surface area contributed by atoms with E-state index in [-0.39, 0.29) is 82.5 Å². The van der Waals surface area contributed by atoms with Gasteiger partial charge in [-0.2, -0.15) is 11.4 Å². The molecule has 2 aromatic carbocycles. The van der Waals surface area contributed by atoms with Crippen molar-refractivity contribution in [2.75, 3.05) is 21.7 Å². The Kier molecular flexibility index (Phi) is 7.07. The molecule has 196 valence electrons. The van der Waals surface area contributed by atoms with Crippen molar-refractivity contribution >= 4 is 64.3 Å². The quantitative estimate of drug-likeness (QED) is 0.238. The van der Waals surface area contributed by atoms with Crippen LogP contribution in [0, 0.1) is 43.7 Å². The predicted molar refractivity (Wildman–Crippen MR) is 125 cm³/mol. The van der Waals surface area contributed by atoms with Gasteiger partial charge in [0.25, 0.3) is 58.1 Å². The molecule has 6 rings (SSSR count). The summed E-state index contributed by atoms with van der Waals surface area (Å²) in [5.74, 6) is -8.17. The van der Waals surface area contributed by atoms with E-state index in [1.54, 1.807) is 26.0 Å². The number of hydrogen-bond acceptors (Lipinski definition) is 8. The van der Waals surface area contributed by atoms with Crippen molar-refractivity contribution in [2.45, 2.75) is 20.8 Å². The molecule has 4 saturated heterocycles. The number of amides is 8. The summed E-state index contributed by atoms with van der Waals surface area (Å²) in [6, 6.07) is 10.7.